The van der Waals surface area contributed by atoms with E-state index >= 15 is 0 Å². The molecule has 6 nitrogen and oxygen atoms in total. The van der Waals surface area contributed by atoms with Crippen molar-refractivity contribution in [2.24, 2.45) is 0 Å². The number of methoxy groups -OCH3 is 1. The van der Waals surface area contributed by atoms with E-state index in [4.69, 9.17) is 9.26 Å². The zero-order chi connectivity index (χ0) is 18.8. The first kappa shape index (κ1) is 17.2. The summed E-state index contributed by atoms with van der Waals surface area (Å²) in [6.07, 6.45) is 0.734. The second-order valence-electron chi connectivity index (χ2n) is 6.41. The highest BCUT2D eigenvalue weighted by atomic mass is 19.1. The van der Waals surface area contributed by atoms with Crippen molar-refractivity contribution >= 4 is 5.91 Å². The number of amides is 1. The van der Waals surface area contributed by atoms with Crippen LogP contribution in [0.1, 0.15) is 28.5 Å². The van der Waals surface area contributed by atoms with Gasteiger partial charge in [0.2, 0.25) is 0 Å². The number of halogens is 1. The van der Waals surface area contributed by atoms with Crippen molar-refractivity contribution in [1.29, 1.82) is 0 Å². The van der Waals surface area contributed by atoms with Crippen LogP contribution in [0.5, 0.6) is 5.75 Å². The summed E-state index contributed by atoms with van der Waals surface area (Å²) in [5.41, 5.74) is 1.16. The summed E-state index contributed by atoms with van der Waals surface area (Å²) < 4.78 is 24.1. The highest BCUT2D eigenvalue weighted by Crippen LogP contribution is 2.29. The zero-order valence-electron chi connectivity index (χ0n) is 14.8. The molecule has 3 aromatic rings. The van der Waals surface area contributed by atoms with Crippen molar-refractivity contribution in [3.63, 3.8) is 0 Å². The van der Waals surface area contributed by atoms with Gasteiger partial charge < -0.3 is 14.2 Å². The molecule has 0 aliphatic carbocycles. The number of hydrogen-bond donors (Lipinski definition) is 0. The molecule has 2 aromatic carbocycles. The summed E-state index contributed by atoms with van der Waals surface area (Å²) >= 11 is 0. The number of likely N-dealkylation sites (tertiary alicyclic amines) is 1. The molecule has 0 spiro atoms. The fourth-order valence-electron chi connectivity index (χ4n) is 3.24. The lowest BCUT2D eigenvalue weighted by atomic mass is 10.1. The van der Waals surface area contributed by atoms with Crippen LogP contribution in [0.2, 0.25) is 0 Å². The lowest BCUT2D eigenvalue weighted by Gasteiger charge is -2.16. The van der Waals surface area contributed by atoms with E-state index in [0.717, 1.165) is 12.0 Å². The van der Waals surface area contributed by atoms with Crippen LogP contribution in [0, 0.1) is 5.82 Å². The van der Waals surface area contributed by atoms with Crippen LogP contribution >= 0.6 is 0 Å². The first-order valence-electron chi connectivity index (χ1n) is 8.67. The lowest BCUT2D eigenvalue weighted by molar-refractivity contribution is 0.0790. The Balaban J connectivity index is 1.46. The van der Waals surface area contributed by atoms with Gasteiger partial charge >= 0.3 is 0 Å². The van der Waals surface area contributed by atoms with Gasteiger partial charge in [0.25, 0.3) is 11.8 Å². The number of rotatable bonds is 4. The average Bonchev–Trinajstić information content (AvgIpc) is 3.37. The second-order valence-corrected chi connectivity index (χ2v) is 6.41. The molecule has 1 aromatic heterocycles. The van der Waals surface area contributed by atoms with Crippen LogP contribution in [0.25, 0.3) is 11.5 Å². The van der Waals surface area contributed by atoms with Crippen molar-refractivity contribution in [3.8, 4) is 17.2 Å². The SMILES string of the molecule is COc1ccc(C(=O)N2CC[C@H](c3noc(-c4ccccc4)n3)C2)cc1F. The molecule has 0 N–H and O–H groups in total. The van der Waals surface area contributed by atoms with E-state index in [2.05, 4.69) is 10.1 Å². The van der Waals surface area contributed by atoms with Crippen molar-refractivity contribution < 1.29 is 18.4 Å². The molecule has 2 heterocycles. The van der Waals surface area contributed by atoms with Gasteiger partial charge in [0.05, 0.1) is 7.11 Å². The van der Waals surface area contributed by atoms with Crippen LogP contribution < -0.4 is 4.74 Å². The monoisotopic (exact) mass is 367 g/mol. The van der Waals surface area contributed by atoms with Crippen LogP contribution in [-0.2, 0) is 0 Å². The molecule has 1 aliphatic rings. The van der Waals surface area contributed by atoms with Crippen molar-refractivity contribution in [2.75, 3.05) is 20.2 Å². The zero-order valence-corrected chi connectivity index (χ0v) is 14.8. The van der Waals surface area contributed by atoms with Crippen LogP contribution in [-0.4, -0.2) is 41.1 Å². The Bertz CT molecular complexity index is 958. The van der Waals surface area contributed by atoms with Crippen molar-refractivity contribution in [1.82, 2.24) is 15.0 Å². The Kier molecular flexibility index (Phi) is 4.58. The molecule has 0 saturated carbocycles. The van der Waals surface area contributed by atoms with E-state index in [1.165, 1.54) is 19.2 Å². The Morgan fingerprint density at radius 2 is 2.07 bits per heavy atom. The predicted molar refractivity (Wildman–Crippen MR) is 95.9 cm³/mol. The van der Waals surface area contributed by atoms with Gasteiger partial charge in [-0.1, -0.05) is 23.4 Å². The molecule has 1 amide bonds. The average molecular weight is 367 g/mol. The van der Waals surface area contributed by atoms with E-state index < -0.39 is 5.82 Å². The first-order valence-corrected chi connectivity index (χ1v) is 8.67. The largest absolute Gasteiger partial charge is 0.494 e. The van der Waals surface area contributed by atoms with Gasteiger partial charge in [0.15, 0.2) is 17.4 Å². The van der Waals surface area contributed by atoms with Crippen LogP contribution in [0.15, 0.2) is 53.1 Å². The maximum atomic E-state index is 13.9. The Morgan fingerprint density at radius 1 is 1.26 bits per heavy atom. The second kappa shape index (κ2) is 7.19. The normalized spacial score (nSPS) is 16.5. The number of carbonyl (C=O) groups excluding carboxylic acids is 1. The minimum absolute atomic E-state index is 0.00161. The molecule has 0 bridgehead atoms. The highest BCUT2D eigenvalue weighted by Gasteiger charge is 2.31. The van der Waals surface area contributed by atoms with Gasteiger partial charge in [-0.25, -0.2) is 4.39 Å². The summed E-state index contributed by atoms with van der Waals surface area (Å²) in [5.74, 6) is 0.401. The highest BCUT2D eigenvalue weighted by molar-refractivity contribution is 5.94. The van der Waals surface area contributed by atoms with Gasteiger partial charge in [0.1, 0.15) is 0 Å². The topological polar surface area (TPSA) is 68.5 Å². The molecule has 1 saturated heterocycles. The smallest absolute Gasteiger partial charge is 0.257 e. The van der Waals surface area contributed by atoms with Crippen molar-refractivity contribution in [3.05, 3.63) is 65.7 Å². The summed E-state index contributed by atoms with van der Waals surface area (Å²) in [6.45, 7) is 1.03. The molecule has 138 valence electrons. The number of carbonyl (C=O) groups is 1. The quantitative estimate of drug-likeness (QED) is 0.706. The number of nitrogens with zero attached hydrogens (tertiary/aromatic N) is 3. The van der Waals surface area contributed by atoms with Crippen LogP contribution in [0.4, 0.5) is 4.39 Å². The molecule has 1 aliphatic heterocycles. The molecule has 1 atom stereocenters. The maximum Gasteiger partial charge on any atom is 0.257 e. The molecule has 0 unspecified atom stereocenters. The van der Waals surface area contributed by atoms with E-state index in [-0.39, 0.29) is 17.6 Å². The van der Waals surface area contributed by atoms with Crippen LogP contribution in [0.3, 0.4) is 0 Å². The molecule has 1 fully saturated rings. The number of benzene rings is 2. The fraction of sp³-hybridized carbons (Fsp3) is 0.250. The molecule has 0 radical (unpaired) electrons. The third-order valence-electron chi connectivity index (χ3n) is 4.70. The summed E-state index contributed by atoms with van der Waals surface area (Å²) in [4.78, 5) is 18.8. The van der Waals surface area contributed by atoms with E-state index in [0.29, 0.717) is 30.4 Å². The predicted octanol–water partition coefficient (Wildman–Crippen LogP) is 3.51. The fourth-order valence-corrected chi connectivity index (χ4v) is 3.24. The summed E-state index contributed by atoms with van der Waals surface area (Å²) in [7, 11) is 1.39. The third-order valence-corrected chi connectivity index (χ3v) is 4.70. The van der Waals surface area contributed by atoms with Gasteiger partial charge in [-0.05, 0) is 36.8 Å². The summed E-state index contributed by atoms with van der Waals surface area (Å²) in [6, 6.07) is 13.8. The van der Waals surface area contributed by atoms with Gasteiger partial charge in [-0.2, -0.15) is 4.98 Å². The van der Waals surface area contributed by atoms with E-state index in [1.807, 2.05) is 30.3 Å². The lowest BCUT2D eigenvalue weighted by Crippen LogP contribution is -2.28. The van der Waals surface area contributed by atoms with Gasteiger partial charge in [0, 0.05) is 30.1 Å². The van der Waals surface area contributed by atoms with E-state index in [9.17, 15) is 9.18 Å². The summed E-state index contributed by atoms with van der Waals surface area (Å²) in [5, 5.41) is 4.08. The molecular weight excluding hydrogens is 349 g/mol. The molecular formula is C20H18FN3O3. The van der Waals surface area contributed by atoms with E-state index in [1.54, 1.807) is 11.0 Å². The van der Waals surface area contributed by atoms with Crippen molar-refractivity contribution in [2.45, 2.75) is 12.3 Å². The van der Waals surface area contributed by atoms with Gasteiger partial charge in [-0.15, -0.1) is 0 Å². The Morgan fingerprint density at radius 3 is 2.81 bits per heavy atom. The molecule has 27 heavy (non-hydrogen) atoms. The first-order chi connectivity index (χ1) is 13.2. The third kappa shape index (κ3) is 3.40. The number of ether oxygens (including phenoxy) is 1. The minimum atomic E-state index is -0.551. The molecule has 4 rings (SSSR count). The minimum Gasteiger partial charge on any atom is -0.494 e. The van der Waals surface area contributed by atoms with Gasteiger partial charge in [-0.3, -0.25) is 4.79 Å². The Labute approximate surface area is 155 Å². The molecule has 7 heteroatoms. The number of hydrogen-bond acceptors (Lipinski definition) is 5. The standard InChI is InChI=1S/C20H18FN3O3/c1-26-17-8-7-14(11-16(17)21)20(25)24-10-9-15(12-24)18-22-19(27-23-18)13-5-3-2-4-6-13/h2-8,11,15H,9-10,12H2,1H3/t15-/m0/s1. The number of aromatic nitrogens is 2. The maximum absolute atomic E-state index is 13.9. The Hall–Kier alpha value is -3.22.